The van der Waals surface area contributed by atoms with Crippen LogP contribution in [0, 0.1) is 0 Å². The molecule has 0 saturated carbocycles. The number of amides is 1. The maximum Gasteiger partial charge on any atom is 0.244 e. The molecule has 0 radical (unpaired) electrons. The van der Waals surface area contributed by atoms with E-state index >= 15 is 0 Å². The molecule has 56 valence electrons. The SMILES string of the molecule is CCNC(=O)/C=C\C(C)=O. The highest BCUT2D eigenvalue weighted by Gasteiger charge is 1.90. The summed E-state index contributed by atoms with van der Waals surface area (Å²) in [6.07, 6.45) is 2.47. The molecule has 1 amide bonds. The number of ketones is 1. The van der Waals surface area contributed by atoms with Crippen LogP contribution in [0.1, 0.15) is 13.8 Å². The average Bonchev–Trinajstić information content (AvgIpc) is 1.85. The molecule has 0 rings (SSSR count). The van der Waals surface area contributed by atoms with E-state index in [9.17, 15) is 9.59 Å². The van der Waals surface area contributed by atoms with Gasteiger partial charge in [0, 0.05) is 12.6 Å². The first kappa shape index (κ1) is 8.88. The summed E-state index contributed by atoms with van der Waals surface area (Å²) in [6, 6.07) is 0. The van der Waals surface area contributed by atoms with Crippen LogP contribution in [0.4, 0.5) is 0 Å². The van der Waals surface area contributed by atoms with E-state index in [1.54, 1.807) is 0 Å². The normalized spacial score (nSPS) is 9.80. The van der Waals surface area contributed by atoms with Crippen LogP contribution in [0.15, 0.2) is 12.2 Å². The predicted molar refractivity (Wildman–Crippen MR) is 38.5 cm³/mol. The van der Waals surface area contributed by atoms with Crippen molar-refractivity contribution in [1.29, 1.82) is 0 Å². The predicted octanol–water partition coefficient (Wildman–Crippen LogP) is 0.268. The summed E-state index contributed by atoms with van der Waals surface area (Å²) in [4.78, 5) is 20.9. The van der Waals surface area contributed by atoms with Gasteiger partial charge in [0.1, 0.15) is 0 Å². The molecule has 10 heavy (non-hydrogen) atoms. The molecule has 0 unspecified atom stereocenters. The van der Waals surface area contributed by atoms with Crippen molar-refractivity contribution in [3.8, 4) is 0 Å². The Bertz CT molecular complexity index is 161. The Labute approximate surface area is 60.1 Å². The summed E-state index contributed by atoms with van der Waals surface area (Å²) in [6.45, 7) is 3.80. The van der Waals surface area contributed by atoms with Crippen LogP contribution < -0.4 is 5.32 Å². The monoisotopic (exact) mass is 141 g/mol. The van der Waals surface area contributed by atoms with Gasteiger partial charge in [0.25, 0.3) is 0 Å². The van der Waals surface area contributed by atoms with Crippen molar-refractivity contribution in [2.24, 2.45) is 0 Å². The number of nitrogens with one attached hydrogen (secondary N) is 1. The van der Waals surface area contributed by atoms with E-state index in [0.29, 0.717) is 6.54 Å². The van der Waals surface area contributed by atoms with Gasteiger partial charge in [0.15, 0.2) is 5.78 Å². The maximum atomic E-state index is 10.6. The van der Waals surface area contributed by atoms with Gasteiger partial charge in [-0.1, -0.05) is 0 Å². The third-order valence-corrected chi connectivity index (χ3v) is 0.820. The first-order valence-corrected chi connectivity index (χ1v) is 3.13. The molecular weight excluding hydrogens is 130 g/mol. The van der Waals surface area contributed by atoms with E-state index in [1.807, 2.05) is 6.92 Å². The second-order valence-corrected chi connectivity index (χ2v) is 1.84. The Morgan fingerprint density at radius 2 is 2.00 bits per heavy atom. The zero-order valence-corrected chi connectivity index (χ0v) is 6.18. The smallest absolute Gasteiger partial charge is 0.244 e. The molecule has 0 saturated heterocycles. The Morgan fingerprint density at radius 3 is 2.40 bits per heavy atom. The number of allylic oxidation sites excluding steroid dienone is 1. The van der Waals surface area contributed by atoms with Crippen molar-refractivity contribution in [2.75, 3.05) is 6.54 Å². The molecule has 3 heteroatoms. The first-order chi connectivity index (χ1) is 4.66. The highest BCUT2D eigenvalue weighted by Crippen LogP contribution is 1.74. The summed E-state index contributed by atoms with van der Waals surface area (Å²) in [7, 11) is 0. The van der Waals surface area contributed by atoms with Crippen LogP contribution in [0.25, 0.3) is 0 Å². The largest absolute Gasteiger partial charge is 0.353 e. The van der Waals surface area contributed by atoms with Gasteiger partial charge in [0.2, 0.25) is 5.91 Å². The van der Waals surface area contributed by atoms with Crippen molar-refractivity contribution in [1.82, 2.24) is 5.32 Å². The quantitative estimate of drug-likeness (QED) is 0.573. The van der Waals surface area contributed by atoms with Crippen LogP contribution in [-0.2, 0) is 9.59 Å². The molecule has 0 aliphatic rings. The standard InChI is InChI=1S/C7H11NO2/c1-3-8-7(10)5-4-6(2)9/h4-5H,3H2,1-2H3,(H,8,10)/b5-4-. The summed E-state index contributed by atoms with van der Waals surface area (Å²) in [5.74, 6) is -0.344. The number of hydrogen-bond donors (Lipinski definition) is 1. The molecular formula is C7H11NO2. The third kappa shape index (κ3) is 5.03. The van der Waals surface area contributed by atoms with Crippen molar-refractivity contribution < 1.29 is 9.59 Å². The fourth-order valence-corrected chi connectivity index (χ4v) is 0.426. The van der Waals surface area contributed by atoms with Gasteiger partial charge in [-0.15, -0.1) is 0 Å². The molecule has 1 N–H and O–H groups in total. The van der Waals surface area contributed by atoms with Gasteiger partial charge in [0.05, 0.1) is 0 Å². The Morgan fingerprint density at radius 1 is 1.40 bits per heavy atom. The van der Waals surface area contributed by atoms with Gasteiger partial charge >= 0.3 is 0 Å². The molecule has 0 aliphatic carbocycles. The number of carbonyl (C=O) groups is 2. The number of likely N-dealkylation sites (N-methyl/N-ethyl adjacent to an activating group) is 1. The van der Waals surface area contributed by atoms with E-state index in [-0.39, 0.29) is 11.7 Å². The second kappa shape index (κ2) is 4.73. The summed E-state index contributed by atoms with van der Waals surface area (Å²) >= 11 is 0. The van der Waals surface area contributed by atoms with Gasteiger partial charge in [-0.05, 0) is 19.9 Å². The minimum absolute atomic E-state index is 0.119. The lowest BCUT2D eigenvalue weighted by Crippen LogP contribution is -2.20. The Balaban J connectivity index is 3.67. The van der Waals surface area contributed by atoms with Crippen molar-refractivity contribution in [3.05, 3.63) is 12.2 Å². The molecule has 0 aliphatic heterocycles. The summed E-state index contributed by atoms with van der Waals surface area (Å²) in [5.41, 5.74) is 0. The highest BCUT2D eigenvalue weighted by atomic mass is 16.1. The fourth-order valence-electron chi connectivity index (χ4n) is 0.426. The molecule has 0 bridgehead atoms. The Hall–Kier alpha value is -1.12. The molecule has 0 fully saturated rings. The molecule has 0 aromatic carbocycles. The topological polar surface area (TPSA) is 46.2 Å². The number of hydrogen-bond acceptors (Lipinski definition) is 2. The molecule has 0 atom stereocenters. The number of rotatable bonds is 3. The van der Waals surface area contributed by atoms with Crippen molar-refractivity contribution in [3.63, 3.8) is 0 Å². The van der Waals surface area contributed by atoms with E-state index in [2.05, 4.69) is 5.32 Å². The van der Waals surface area contributed by atoms with Gasteiger partial charge in [-0.25, -0.2) is 0 Å². The van der Waals surface area contributed by atoms with Crippen molar-refractivity contribution >= 4 is 11.7 Å². The van der Waals surface area contributed by atoms with E-state index in [0.717, 1.165) is 0 Å². The average molecular weight is 141 g/mol. The highest BCUT2D eigenvalue weighted by molar-refractivity contribution is 5.96. The van der Waals surface area contributed by atoms with Gasteiger partial charge in [-0.3, -0.25) is 9.59 Å². The third-order valence-electron chi connectivity index (χ3n) is 0.820. The molecule has 0 heterocycles. The van der Waals surface area contributed by atoms with Gasteiger partial charge < -0.3 is 5.32 Å². The molecule has 0 aromatic rings. The van der Waals surface area contributed by atoms with Crippen molar-refractivity contribution in [2.45, 2.75) is 13.8 Å². The number of carbonyl (C=O) groups excluding carboxylic acids is 2. The molecule has 0 spiro atoms. The summed E-state index contributed by atoms with van der Waals surface area (Å²) in [5, 5.41) is 2.52. The van der Waals surface area contributed by atoms with Crippen LogP contribution in [-0.4, -0.2) is 18.2 Å². The Kier molecular flexibility index (Phi) is 4.20. The van der Waals surface area contributed by atoms with Crippen LogP contribution in [0.3, 0.4) is 0 Å². The fraction of sp³-hybridized carbons (Fsp3) is 0.429. The van der Waals surface area contributed by atoms with E-state index in [4.69, 9.17) is 0 Å². The van der Waals surface area contributed by atoms with Crippen LogP contribution >= 0.6 is 0 Å². The van der Waals surface area contributed by atoms with Crippen LogP contribution in [0.5, 0.6) is 0 Å². The van der Waals surface area contributed by atoms with Gasteiger partial charge in [-0.2, -0.15) is 0 Å². The first-order valence-electron chi connectivity index (χ1n) is 3.13. The zero-order chi connectivity index (χ0) is 7.98. The second-order valence-electron chi connectivity index (χ2n) is 1.84. The van der Waals surface area contributed by atoms with Crippen LogP contribution in [0.2, 0.25) is 0 Å². The zero-order valence-electron chi connectivity index (χ0n) is 6.18. The van der Waals surface area contributed by atoms with E-state index in [1.165, 1.54) is 19.1 Å². The maximum absolute atomic E-state index is 10.6. The molecule has 0 aromatic heterocycles. The minimum atomic E-state index is -0.224. The lowest BCUT2D eigenvalue weighted by molar-refractivity contribution is -0.117. The lowest BCUT2D eigenvalue weighted by atomic mass is 10.4. The lowest BCUT2D eigenvalue weighted by Gasteiger charge is -1.92. The van der Waals surface area contributed by atoms with E-state index < -0.39 is 0 Å². The molecule has 3 nitrogen and oxygen atoms in total. The minimum Gasteiger partial charge on any atom is -0.353 e. The summed E-state index contributed by atoms with van der Waals surface area (Å²) < 4.78 is 0.